The van der Waals surface area contributed by atoms with Crippen molar-refractivity contribution in [2.24, 2.45) is 5.73 Å². The lowest BCUT2D eigenvalue weighted by molar-refractivity contribution is -0.141. The van der Waals surface area contributed by atoms with E-state index in [1.165, 1.54) is 30.8 Å². The predicted octanol–water partition coefficient (Wildman–Crippen LogP) is -1.14. The number of aromatic hydroxyl groups is 1. The first-order valence-corrected chi connectivity index (χ1v) is 12.5. The average molecular weight is 517 g/mol. The van der Waals surface area contributed by atoms with Gasteiger partial charge in [-0.3, -0.25) is 14.4 Å². The number of carbonyl (C=O) groups excluding carboxylic acids is 3. The van der Waals surface area contributed by atoms with Crippen molar-refractivity contribution in [3.05, 3.63) is 29.8 Å². The largest absolute Gasteiger partial charge is 0.508 e. The van der Waals surface area contributed by atoms with Gasteiger partial charge < -0.3 is 37.0 Å². The van der Waals surface area contributed by atoms with Gasteiger partial charge >= 0.3 is 5.97 Å². The molecule has 0 heterocycles. The van der Waals surface area contributed by atoms with Gasteiger partial charge in [-0.25, -0.2) is 4.79 Å². The topological polar surface area (TPSA) is 191 Å². The van der Waals surface area contributed by atoms with Gasteiger partial charge in [-0.2, -0.15) is 24.4 Å². The van der Waals surface area contributed by atoms with E-state index >= 15 is 0 Å². The Morgan fingerprint density at radius 2 is 1.53 bits per heavy atom. The van der Waals surface area contributed by atoms with Crippen molar-refractivity contribution in [2.45, 2.75) is 50.0 Å². The van der Waals surface area contributed by atoms with Gasteiger partial charge in [0.25, 0.3) is 0 Å². The number of aliphatic hydroxyl groups is 1. The lowest BCUT2D eigenvalue weighted by Gasteiger charge is -2.25. The minimum absolute atomic E-state index is 0.00956. The molecule has 0 saturated carbocycles. The molecule has 8 N–H and O–H groups in total. The van der Waals surface area contributed by atoms with Crippen LogP contribution in [-0.2, 0) is 25.6 Å². The standard InChI is InChI=1S/C21H32N4O7S2/c1-11(26)17(22)20(30)24-15(9-12-3-5-13(27)6-4-12)19(29)23-14(7-8-34-2)18(28)25-16(10-33)21(31)32/h3-6,11,14-17,26-27,33H,7-10,22H2,1-2H3,(H,23,29)(H,24,30)(H,25,28)(H,31,32). The quantitative estimate of drug-likeness (QED) is 0.141. The summed E-state index contributed by atoms with van der Waals surface area (Å²) in [7, 11) is 0. The van der Waals surface area contributed by atoms with Crippen molar-refractivity contribution >= 4 is 48.1 Å². The highest BCUT2D eigenvalue weighted by Gasteiger charge is 2.30. The minimum Gasteiger partial charge on any atom is -0.508 e. The van der Waals surface area contributed by atoms with E-state index in [9.17, 15) is 34.5 Å². The maximum absolute atomic E-state index is 13.1. The molecule has 0 aliphatic carbocycles. The molecular formula is C21H32N4O7S2. The Morgan fingerprint density at radius 3 is 2.03 bits per heavy atom. The van der Waals surface area contributed by atoms with E-state index in [4.69, 9.17) is 5.73 Å². The molecule has 0 aliphatic rings. The SMILES string of the molecule is CSCCC(NC(=O)C(Cc1ccc(O)cc1)NC(=O)C(N)C(C)O)C(=O)NC(CS)C(=O)O. The Morgan fingerprint density at radius 1 is 1.00 bits per heavy atom. The molecule has 1 aromatic carbocycles. The molecule has 190 valence electrons. The monoisotopic (exact) mass is 516 g/mol. The fraction of sp³-hybridized carbons (Fsp3) is 0.524. The van der Waals surface area contributed by atoms with Gasteiger partial charge in [0, 0.05) is 12.2 Å². The summed E-state index contributed by atoms with van der Waals surface area (Å²) in [6.07, 6.45) is 0.877. The van der Waals surface area contributed by atoms with Crippen molar-refractivity contribution in [1.29, 1.82) is 0 Å². The van der Waals surface area contributed by atoms with Crippen molar-refractivity contribution in [3.8, 4) is 5.75 Å². The Kier molecular flexibility index (Phi) is 12.8. The summed E-state index contributed by atoms with van der Waals surface area (Å²) in [5, 5.41) is 35.7. The Bertz CT molecular complexity index is 839. The fourth-order valence-electron chi connectivity index (χ4n) is 2.80. The molecule has 13 heteroatoms. The van der Waals surface area contributed by atoms with Crippen LogP contribution in [0, 0.1) is 0 Å². The van der Waals surface area contributed by atoms with Gasteiger partial charge in [-0.05, 0) is 43.0 Å². The van der Waals surface area contributed by atoms with Crippen molar-refractivity contribution in [2.75, 3.05) is 17.8 Å². The molecule has 5 atom stereocenters. The van der Waals surface area contributed by atoms with Crippen LogP contribution >= 0.6 is 24.4 Å². The Balaban J connectivity index is 3.09. The Hall–Kier alpha value is -2.48. The van der Waals surface area contributed by atoms with Crippen LogP contribution in [0.1, 0.15) is 18.9 Å². The second kappa shape index (κ2) is 14.7. The highest BCUT2D eigenvalue weighted by atomic mass is 32.2. The van der Waals surface area contributed by atoms with Crippen LogP contribution in [-0.4, -0.2) is 87.0 Å². The molecule has 0 aromatic heterocycles. The first-order chi connectivity index (χ1) is 16.0. The molecule has 1 aromatic rings. The van der Waals surface area contributed by atoms with Gasteiger partial charge in [-0.1, -0.05) is 12.1 Å². The number of hydrogen-bond acceptors (Lipinski definition) is 9. The zero-order chi connectivity index (χ0) is 25.8. The third kappa shape index (κ3) is 9.79. The number of benzene rings is 1. The molecule has 0 radical (unpaired) electrons. The summed E-state index contributed by atoms with van der Waals surface area (Å²) < 4.78 is 0. The second-order valence-electron chi connectivity index (χ2n) is 7.62. The summed E-state index contributed by atoms with van der Waals surface area (Å²) in [4.78, 5) is 49.5. The molecule has 34 heavy (non-hydrogen) atoms. The number of nitrogens with two attached hydrogens (primary N) is 1. The van der Waals surface area contributed by atoms with Crippen molar-refractivity contribution < 1.29 is 34.5 Å². The van der Waals surface area contributed by atoms with Crippen LogP contribution in [0.15, 0.2) is 24.3 Å². The van der Waals surface area contributed by atoms with Crippen LogP contribution in [0.3, 0.4) is 0 Å². The molecule has 11 nitrogen and oxygen atoms in total. The molecule has 5 unspecified atom stereocenters. The van der Waals surface area contributed by atoms with Crippen molar-refractivity contribution in [3.63, 3.8) is 0 Å². The third-order valence-electron chi connectivity index (χ3n) is 4.87. The summed E-state index contributed by atoms with van der Waals surface area (Å²) in [6, 6.07) is 1.24. The number of nitrogens with one attached hydrogen (secondary N) is 3. The molecule has 1 rings (SSSR count). The zero-order valence-corrected chi connectivity index (χ0v) is 20.6. The van der Waals surface area contributed by atoms with E-state index < -0.39 is 54.0 Å². The number of hydrogen-bond donors (Lipinski definition) is 8. The number of carboxylic acid groups (broad SMARTS) is 1. The van der Waals surface area contributed by atoms with Crippen LogP contribution in [0.5, 0.6) is 5.75 Å². The predicted molar refractivity (Wildman–Crippen MR) is 132 cm³/mol. The lowest BCUT2D eigenvalue weighted by Crippen LogP contribution is -2.58. The first kappa shape index (κ1) is 29.6. The summed E-state index contributed by atoms with van der Waals surface area (Å²) in [5.41, 5.74) is 6.29. The van der Waals surface area contributed by atoms with E-state index in [1.54, 1.807) is 12.1 Å². The average Bonchev–Trinajstić information content (AvgIpc) is 2.79. The number of phenolic OH excluding ortho intramolecular Hbond substituents is 1. The van der Waals surface area contributed by atoms with Crippen LogP contribution in [0.25, 0.3) is 0 Å². The number of rotatable bonds is 14. The van der Waals surface area contributed by atoms with E-state index in [0.717, 1.165) is 0 Å². The summed E-state index contributed by atoms with van der Waals surface area (Å²) in [5.74, 6) is -3.03. The fourth-order valence-corrected chi connectivity index (χ4v) is 3.52. The van der Waals surface area contributed by atoms with Crippen LogP contribution in [0.2, 0.25) is 0 Å². The number of carbonyl (C=O) groups is 4. The van der Waals surface area contributed by atoms with Gasteiger partial charge in [0.05, 0.1) is 6.10 Å². The smallest absolute Gasteiger partial charge is 0.327 e. The highest BCUT2D eigenvalue weighted by molar-refractivity contribution is 7.98. The van der Waals surface area contributed by atoms with E-state index in [2.05, 4.69) is 28.6 Å². The van der Waals surface area contributed by atoms with E-state index in [0.29, 0.717) is 11.3 Å². The lowest BCUT2D eigenvalue weighted by atomic mass is 10.0. The van der Waals surface area contributed by atoms with Crippen LogP contribution < -0.4 is 21.7 Å². The number of aliphatic hydroxyl groups excluding tert-OH is 1. The van der Waals surface area contributed by atoms with Gasteiger partial charge in [0.1, 0.15) is 29.9 Å². The van der Waals surface area contributed by atoms with Gasteiger partial charge in [0.2, 0.25) is 17.7 Å². The summed E-state index contributed by atoms with van der Waals surface area (Å²) in [6.45, 7) is 1.34. The summed E-state index contributed by atoms with van der Waals surface area (Å²) >= 11 is 5.36. The number of thiol groups is 1. The molecule has 0 aliphatic heterocycles. The van der Waals surface area contributed by atoms with Gasteiger partial charge in [-0.15, -0.1) is 0 Å². The molecule has 0 fully saturated rings. The number of phenols is 1. The Labute approximate surface area is 207 Å². The number of amides is 3. The number of thioether (sulfide) groups is 1. The normalized spacial score (nSPS) is 15.3. The molecule has 0 bridgehead atoms. The van der Waals surface area contributed by atoms with Gasteiger partial charge in [0.15, 0.2) is 0 Å². The number of aliphatic carboxylic acids is 1. The third-order valence-corrected chi connectivity index (χ3v) is 5.88. The second-order valence-corrected chi connectivity index (χ2v) is 8.97. The number of carboxylic acids is 1. The van der Waals surface area contributed by atoms with E-state index in [-0.39, 0.29) is 24.3 Å². The van der Waals surface area contributed by atoms with E-state index in [1.807, 2.05) is 6.26 Å². The zero-order valence-electron chi connectivity index (χ0n) is 18.9. The molecule has 3 amide bonds. The van der Waals surface area contributed by atoms with Crippen LogP contribution in [0.4, 0.5) is 0 Å². The molecule has 0 spiro atoms. The minimum atomic E-state index is -1.28. The molecular weight excluding hydrogens is 484 g/mol. The molecule has 0 saturated heterocycles. The van der Waals surface area contributed by atoms with Crippen molar-refractivity contribution in [1.82, 2.24) is 16.0 Å². The first-order valence-electron chi connectivity index (χ1n) is 10.4. The maximum Gasteiger partial charge on any atom is 0.327 e. The maximum atomic E-state index is 13.1. The highest BCUT2D eigenvalue weighted by Crippen LogP contribution is 2.12.